The van der Waals surface area contributed by atoms with Gasteiger partial charge >= 0.3 is 18.3 Å². The van der Waals surface area contributed by atoms with Gasteiger partial charge in [-0.05, 0) is 251 Å². The second-order valence-electron chi connectivity index (χ2n) is 35.9. The second-order valence-corrected chi connectivity index (χ2v) is 40.2. The van der Waals surface area contributed by atoms with E-state index >= 15 is 0 Å². The van der Waals surface area contributed by atoms with E-state index in [0.717, 1.165) is 167 Å². The Balaban J connectivity index is 0.000000125. The van der Waals surface area contributed by atoms with Crippen molar-refractivity contribution in [1.29, 1.82) is 0 Å². The quantitative estimate of drug-likeness (QED) is 0.0615. The number of nitrogens with zero attached hydrogens (tertiary/aromatic N) is 21. The van der Waals surface area contributed by atoms with Gasteiger partial charge in [-0.3, -0.25) is 52.3 Å². The zero-order valence-electron chi connectivity index (χ0n) is 76.9. The van der Waals surface area contributed by atoms with Gasteiger partial charge in [0.25, 0.3) is 0 Å². The Labute approximate surface area is 813 Å². The first-order valence-corrected chi connectivity index (χ1v) is 47.7. The van der Waals surface area contributed by atoms with Gasteiger partial charge in [0.15, 0.2) is 32.0 Å². The van der Waals surface area contributed by atoms with Gasteiger partial charge in [0.05, 0.1) is 84.6 Å². The molecule has 4 unspecified atom stereocenters. The van der Waals surface area contributed by atoms with E-state index in [9.17, 15) is 19.5 Å². The number of benzene rings is 4. The van der Waals surface area contributed by atoms with Crippen molar-refractivity contribution in [3.05, 3.63) is 228 Å². The number of hydrogen-bond acceptors (Lipinski definition) is 27. The van der Waals surface area contributed by atoms with E-state index in [1.165, 1.54) is 22.9 Å². The molecule has 4 N–H and O–H groups in total. The molecule has 4 aromatic carbocycles. The number of carbonyl (C=O) groups is 3. The lowest BCUT2D eigenvalue weighted by atomic mass is 10.2. The molecule has 4 saturated heterocycles. The van der Waals surface area contributed by atoms with E-state index in [0.29, 0.717) is 56.2 Å². The predicted molar refractivity (Wildman–Crippen MR) is 529 cm³/mol. The number of aromatic hydroxyl groups is 1. The summed E-state index contributed by atoms with van der Waals surface area (Å²) in [7, 11) is 5.71. The van der Waals surface area contributed by atoms with E-state index in [4.69, 9.17) is 45.7 Å². The number of amides is 3. The summed E-state index contributed by atoms with van der Waals surface area (Å²) in [6.07, 6.45) is 26.2. The SMILES string of the molecule is CC(C)(C)OC(=O)N1CCC(O)C1.CC(C)(C)OC(=O)N1CCC(Oc2cnc3ccc(Br)cc3c2)C1.Cn1cc(-c2ccc3n[nH]c(=S)n3c2)cn1.Cn1cc(-c2ccc3nnc(Sc4ccc5ncc(OC6CCN(C(=O)OC(C)(C)C)C6)cc5c4)n3c2)cn1.Cn1cc(-c2ccc3nnc(Sc4ccc5ncc(OC6CCNC6)cc5c4)n3c2)cn1.Oc1cnc2ccc(Br)cc2c1. The lowest BCUT2D eigenvalue weighted by molar-refractivity contribution is 0.0262. The summed E-state index contributed by atoms with van der Waals surface area (Å²) in [5, 5.41) is 64.2. The first kappa shape index (κ1) is 96.0. The lowest BCUT2D eigenvalue weighted by Gasteiger charge is -2.24. The molecule has 704 valence electrons. The van der Waals surface area contributed by atoms with Gasteiger partial charge in [-0.15, -0.1) is 20.4 Å². The molecule has 0 spiro atoms. The maximum atomic E-state index is 12.4. The Morgan fingerprint density at radius 1 is 0.426 bits per heavy atom. The van der Waals surface area contributed by atoms with Crippen molar-refractivity contribution >= 4 is 146 Å². The molecule has 0 bridgehead atoms. The first-order valence-electron chi connectivity index (χ1n) is 44.1. The molecule has 4 fully saturated rings. The molecule has 13 aromatic heterocycles. The van der Waals surface area contributed by atoms with E-state index in [1.807, 2.05) is 249 Å². The van der Waals surface area contributed by atoms with Crippen LogP contribution in [0.4, 0.5) is 14.4 Å². The number of rotatable bonds is 13. The zero-order chi connectivity index (χ0) is 95.7. The number of carbonyl (C=O) groups excluding carboxylic acids is 3. The van der Waals surface area contributed by atoms with E-state index < -0.39 is 16.8 Å². The third kappa shape index (κ3) is 25.5. The smallest absolute Gasteiger partial charge is 0.410 e. The number of aliphatic hydroxyl groups excluding tert-OH is 1. The third-order valence-electron chi connectivity index (χ3n) is 21.5. The lowest BCUT2D eigenvalue weighted by Crippen LogP contribution is -2.36. The minimum atomic E-state index is -0.519. The number of aromatic nitrogens is 19. The molecule has 21 rings (SSSR count). The van der Waals surface area contributed by atoms with Crippen LogP contribution < -0.4 is 19.5 Å². The van der Waals surface area contributed by atoms with Crippen LogP contribution in [0, 0.1) is 4.77 Å². The minimum absolute atomic E-state index is 0.0380. The molecule has 0 saturated carbocycles. The molecule has 34 nitrogen and oxygen atoms in total. The standard InChI is InChI=1S/C28H29N7O3S.C23H21N7OS.C18H21BrN2O3.C10H9N5S.C9H6BrNO.C9H17NO3/c1-28(2,3)38-27(36)34-10-9-21(17-34)37-22-11-19-12-23(6-7-24(19)29-14-22)39-26-32-31-25-8-5-18(16-35(25)26)20-13-30-33(4)15-20;1-29-13-17(10-26-29)15-2-5-22-27-28-23(30(22)14-15)32-20-3-4-21-16(9-20)8-19(12-25-21)31-18-6-7-24-11-18;1-18(2,3)24-17(22)21-7-6-14(11-21)23-15-9-12-8-13(19)4-5-16(12)20-10-15;1-14-5-8(4-11-14)7-2-3-9-12-13-10(16)15(9)6-7;10-7-1-2-9-6(3-7)4-8(12)5-11-9;1-9(2,3)13-8(12)10-5-4-7(11)6-10/h5-8,11-16,21H,9-10,17H2,1-4H3;2-5,8-10,12-14,18,24H,6-7,11H2,1H3;4-5,8-10,14H,6-7,11H2,1-3H3;2-6H,1H3,(H,13,16);1-5,12H;7,11H,4-6H2,1-3H3. The highest BCUT2D eigenvalue weighted by Crippen LogP contribution is 2.36. The summed E-state index contributed by atoms with van der Waals surface area (Å²) in [4.78, 5) is 60.5. The number of aromatic amines is 1. The highest BCUT2D eigenvalue weighted by molar-refractivity contribution is 9.10. The fraction of sp³-hybridized carbons (Fsp3) is 0.320. The Hall–Kier alpha value is -13.2. The highest BCUT2D eigenvalue weighted by atomic mass is 79.9. The molecule has 17 aromatic rings. The monoisotopic (exact) mass is 2020 g/mol. The van der Waals surface area contributed by atoms with Gasteiger partial charge in [0.1, 0.15) is 58.1 Å². The van der Waals surface area contributed by atoms with Crippen LogP contribution in [0.5, 0.6) is 23.0 Å². The maximum absolute atomic E-state index is 12.4. The van der Waals surface area contributed by atoms with Crippen LogP contribution in [-0.2, 0) is 35.4 Å². The van der Waals surface area contributed by atoms with Gasteiger partial charge in [-0.2, -0.15) is 20.4 Å². The summed E-state index contributed by atoms with van der Waals surface area (Å²) in [6, 6.07) is 43.6. The number of aryl methyl sites for hydroxylation is 3. The van der Waals surface area contributed by atoms with Crippen molar-refractivity contribution in [2.45, 2.75) is 149 Å². The predicted octanol–water partition coefficient (Wildman–Crippen LogP) is 18.7. The first-order chi connectivity index (χ1) is 65.1. The molecule has 3 amide bonds. The summed E-state index contributed by atoms with van der Waals surface area (Å²) in [5.41, 5.74) is 10.9. The van der Waals surface area contributed by atoms with Crippen LogP contribution in [0.15, 0.2) is 243 Å². The topological polar surface area (TPSA) is 367 Å². The maximum Gasteiger partial charge on any atom is 0.410 e. The molecule has 4 atom stereocenters. The number of H-pyrrole nitrogens is 1. The van der Waals surface area contributed by atoms with Crippen LogP contribution in [0.1, 0.15) is 88.0 Å². The molecule has 136 heavy (non-hydrogen) atoms. The fourth-order valence-electron chi connectivity index (χ4n) is 15.1. The van der Waals surface area contributed by atoms with Gasteiger partial charge in [0, 0.05) is 178 Å². The Bertz CT molecular complexity index is 7180. The molecule has 4 aliphatic rings. The van der Waals surface area contributed by atoms with Gasteiger partial charge in [0.2, 0.25) is 0 Å². The van der Waals surface area contributed by atoms with Crippen LogP contribution in [0.2, 0.25) is 0 Å². The van der Waals surface area contributed by atoms with Crippen molar-refractivity contribution < 1.29 is 53.0 Å². The van der Waals surface area contributed by atoms with Crippen molar-refractivity contribution in [1.82, 2.24) is 113 Å². The molecule has 4 aliphatic heterocycles. The van der Waals surface area contributed by atoms with Crippen LogP contribution >= 0.6 is 67.6 Å². The van der Waals surface area contributed by atoms with Gasteiger partial charge in [-0.1, -0.05) is 31.9 Å². The number of β-amino-alcohol motifs (C(OH)–C–C–N with tert-alkyl or cyclic N) is 1. The molecule has 39 heteroatoms. The van der Waals surface area contributed by atoms with E-state index in [2.05, 4.69) is 133 Å². The summed E-state index contributed by atoms with van der Waals surface area (Å²) in [5.74, 6) is 2.40. The third-order valence-corrected chi connectivity index (χ3v) is 24.7. The second kappa shape index (κ2) is 42.0. The average molecular weight is 2020 g/mol. The molecule has 0 radical (unpaired) electrons. The Morgan fingerprint density at radius 3 is 1.22 bits per heavy atom. The molecule has 17 heterocycles. The van der Waals surface area contributed by atoms with Gasteiger partial charge < -0.3 is 58.7 Å². The molecule has 0 aliphatic carbocycles. The summed E-state index contributed by atoms with van der Waals surface area (Å²) in [6.45, 7) is 21.9. The number of pyridine rings is 7. The van der Waals surface area contributed by atoms with Crippen molar-refractivity contribution in [3.8, 4) is 56.4 Å². The van der Waals surface area contributed by atoms with Crippen LogP contribution in [-0.4, -0.2) is 230 Å². The van der Waals surface area contributed by atoms with Crippen molar-refractivity contribution in [3.63, 3.8) is 0 Å². The number of fused-ring (bicyclic) bond motifs is 7. The summed E-state index contributed by atoms with van der Waals surface area (Å²) >= 11 is 15.1. The van der Waals surface area contributed by atoms with E-state index in [-0.39, 0.29) is 48.4 Å². The van der Waals surface area contributed by atoms with Crippen LogP contribution in [0.25, 0.3) is 93.9 Å². The highest BCUT2D eigenvalue weighted by Gasteiger charge is 2.34. The Morgan fingerprint density at radius 2 is 0.816 bits per heavy atom. The van der Waals surface area contributed by atoms with Crippen LogP contribution in [0.3, 0.4) is 0 Å². The Kier molecular flexibility index (Phi) is 29.6. The zero-order valence-corrected chi connectivity index (χ0v) is 82.6. The number of ether oxygens (including phenoxy) is 6. The molecular weight excluding hydrogens is 1920 g/mol. The number of hydrogen-bond donors (Lipinski definition) is 4. The minimum Gasteiger partial charge on any atom is -0.506 e. The summed E-state index contributed by atoms with van der Waals surface area (Å²) < 4.78 is 48.1. The number of likely N-dealkylation sites (tertiary alicyclic amines) is 3. The number of aliphatic hydroxyl groups is 1. The largest absolute Gasteiger partial charge is 0.506 e. The van der Waals surface area contributed by atoms with Crippen molar-refractivity contribution in [2.75, 3.05) is 52.4 Å². The average Bonchev–Trinajstić information content (AvgIpc) is 1.68. The van der Waals surface area contributed by atoms with Crippen molar-refractivity contribution in [2.24, 2.45) is 21.1 Å². The fourth-order valence-corrected chi connectivity index (χ4v) is 17.7. The number of nitrogens with one attached hydrogen (secondary N) is 2. The normalized spacial score (nSPS) is 16.0. The molecular formula is C97H103Br2N23O11S3. The van der Waals surface area contributed by atoms with Gasteiger partial charge in [-0.25, -0.2) is 14.4 Å². The number of halogens is 2. The van der Waals surface area contributed by atoms with E-state index in [1.54, 1.807) is 60.3 Å².